The summed E-state index contributed by atoms with van der Waals surface area (Å²) in [7, 11) is 5.79. The SMILES string of the molecule is COc1c(CN2O[C@@H](CN)[C@@H]([C@H](C)O)[C@H]2C(=O)N[C@H]2CCC(C)(C)[C@@H](C)[C@@H]2C)cccc1-c1cc(CNCCc2ccccc2)cc(N(C)C)c1. The number of benzene rings is 3. The molecule has 1 saturated carbocycles. The normalized spacial score (nSPS) is 25.4. The summed E-state index contributed by atoms with van der Waals surface area (Å²) < 4.78 is 6.13. The van der Waals surface area contributed by atoms with Gasteiger partial charge in [0.2, 0.25) is 5.91 Å². The number of carbonyl (C=O) groups is 1. The van der Waals surface area contributed by atoms with Crippen LogP contribution in [0.4, 0.5) is 5.69 Å². The van der Waals surface area contributed by atoms with E-state index in [4.69, 9.17) is 15.3 Å². The molecule has 1 aliphatic heterocycles. The van der Waals surface area contributed by atoms with Crippen molar-refractivity contribution in [1.82, 2.24) is 15.7 Å². The van der Waals surface area contributed by atoms with Gasteiger partial charge in [0.1, 0.15) is 11.8 Å². The second-order valence-electron chi connectivity index (χ2n) is 15.7. The fourth-order valence-electron chi connectivity index (χ4n) is 8.12. The zero-order chi connectivity index (χ0) is 36.9. The number of nitrogens with zero attached hydrogens (tertiary/aromatic N) is 2. The number of para-hydroxylation sites is 1. The molecule has 5 rings (SSSR count). The van der Waals surface area contributed by atoms with Gasteiger partial charge in [0.15, 0.2) is 0 Å². The van der Waals surface area contributed by atoms with Gasteiger partial charge in [-0.25, -0.2) is 0 Å². The standard InChI is InChI=1S/C42H61N5O4/c1-27-28(2)42(4,5)19-17-36(27)45-41(49)39-38(29(3)48)37(24-43)51-47(39)26-32-15-12-16-35(40(32)50-8)33-21-31(22-34(23-33)46(6)7)25-44-20-18-30-13-10-9-11-14-30/h9-16,21-23,27-29,36-39,44,48H,17-20,24-26,43H2,1-8H3,(H,45,49)/t27-,28-,29-,36-,37-,38+,39-/m0/s1. The summed E-state index contributed by atoms with van der Waals surface area (Å²) in [5.41, 5.74) is 12.9. The predicted molar refractivity (Wildman–Crippen MR) is 206 cm³/mol. The van der Waals surface area contributed by atoms with Crippen LogP contribution >= 0.6 is 0 Å². The summed E-state index contributed by atoms with van der Waals surface area (Å²) in [5, 5.41) is 19.7. The maximum atomic E-state index is 14.2. The van der Waals surface area contributed by atoms with Gasteiger partial charge in [0.25, 0.3) is 0 Å². The molecule has 0 spiro atoms. The average molecular weight is 700 g/mol. The number of hydrogen-bond acceptors (Lipinski definition) is 8. The van der Waals surface area contributed by atoms with Crippen molar-refractivity contribution in [2.75, 3.05) is 39.2 Å². The fraction of sp³-hybridized carbons (Fsp3) is 0.548. The van der Waals surface area contributed by atoms with E-state index in [0.717, 1.165) is 60.5 Å². The lowest BCUT2D eigenvalue weighted by atomic mass is 9.63. The van der Waals surface area contributed by atoms with Gasteiger partial charge in [0.05, 0.1) is 25.9 Å². The lowest BCUT2D eigenvalue weighted by Crippen LogP contribution is -2.55. The van der Waals surface area contributed by atoms with Gasteiger partial charge in [-0.3, -0.25) is 9.63 Å². The first kappa shape index (κ1) is 38.8. The van der Waals surface area contributed by atoms with Crippen molar-refractivity contribution in [3.05, 3.63) is 83.4 Å². The predicted octanol–water partition coefficient (Wildman–Crippen LogP) is 5.78. The number of ether oxygens (including phenoxy) is 1. The number of aliphatic hydroxyl groups excluding tert-OH is 1. The molecule has 0 unspecified atom stereocenters. The minimum Gasteiger partial charge on any atom is -0.496 e. The van der Waals surface area contributed by atoms with Crippen LogP contribution < -0.4 is 26.0 Å². The third-order valence-corrected chi connectivity index (χ3v) is 11.7. The van der Waals surface area contributed by atoms with E-state index in [0.29, 0.717) is 18.4 Å². The summed E-state index contributed by atoms with van der Waals surface area (Å²) in [4.78, 5) is 22.8. The highest BCUT2D eigenvalue weighted by molar-refractivity contribution is 5.83. The lowest BCUT2D eigenvalue weighted by Gasteiger charge is -2.46. The number of carbonyl (C=O) groups excluding carboxylic acids is 1. The molecule has 0 aromatic heterocycles. The van der Waals surface area contributed by atoms with Gasteiger partial charge in [-0.05, 0) is 84.9 Å². The van der Waals surface area contributed by atoms with Crippen molar-refractivity contribution in [1.29, 1.82) is 0 Å². The number of hydroxylamine groups is 2. The second-order valence-corrected chi connectivity index (χ2v) is 15.7. The lowest BCUT2D eigenvalue weighted by molar-refractivity contribution is -0.174. The number of hydrogen-bond donors (Lipinski definition) is 4. The van der Waals surface area contributed by atoms with Gasteiger partial charge in [0, 0.05) is 56.0 Å². The summed E-state index contributed by atoms with van der Waals surface area (Å²) in [6, 6.07) is 22.6. The number of anilines is 1. The van der Waals surface area contributed by atoms with Crippen molar-refractivity contribution in [2.24, 2.45) is 28.9 Å². The van der Waals surface area contributed by atoms with Crippen LogP contribution in [0.1, 0.15) is 64.2 Å². The Bertz CT molecular complexity index is 1600. The molecule has 1 heterocycles. The molecular weight excluding hydrogens is 638 g/mol. The van der Waals surface area contributed by atoms with Crippen molar-refractivity contribution < 1.29 is 19.5 Å². The summed E-state index contributed by atoms with van der Waals surface area (Å²) in [6.07, 6.45) is 1.65. The molecule has 9 nitrogen and oxygen atoms in total. The summed E-state index contributed by atoms with van der Waals surface area (Å²) in [5.74, 6) is 0.897. The molecule has 5 N–H and O–H groups in total. The molecule has 51 heavy (non-hydrogen) atoms. The summed E-state index contributed by atoms with van der Waals surface area (Å²) in [6.45, 7) is 13.0. The fourth-order valence-corrected chi connectivity index (χ4v) is 8.12. The Morgan fingerprint density at radius 2 is 1.84 bits per heavy atom. The first-order chi connectivity index (χ1) is 24.3. The molecule has 3 aromatic carbocycles. The monoisotopic (exact) mass is 699 g/mol. The Balaban J connectivity index is 1.40. The van der Waals surface area contributed by atoms with Crippen LogP contribution in [0.3, 0.4) is 0 Å². The molecule has 1 aliphatic carbocycles. The van der Waals surface area contributed by atoms with Crippen LogP contribution in [-0.4, -0.2) is 74.7 Å². The molecule has 278 valence electrons. The van der Waals surface area contributed by atoms with Crippen LogP contribution in [0.15, 0.2) is 66.7 Å². The number of aliphatic hydroxyl groups is 1. The van der Waals surface area contributed by atoms with Crippen molar-refractivity contribution in [3.8, 4) is 16.9 Å². The van der Waals surface area contributed by atoms with Crippen molar-refractivity contribution in [3.63, 3.8) is 0 Å². The average Bonchev–Trinajstić information content (AvgIpc) is 3.49. The minimum atomic E-state index is -0.789. The van der Waals surface area contributed by atoms with Gasteiger partial charge in [-0.15, -0.1) is 0 Å². The Morgan fingerprint density at radius 3 is 2.51 bits per heavy atom. The number of amides is 1. The summed E-state index contributed by atoms with van der Waals surface area (Å²) >= 11 is 0. The first-order valence-corrected chi connectivity index (χ1v) is 18.7. The van der Waals surface area contributed by atoms with Gasteiger partial charge in [-0.2, -0.15) is 5.06 Å². The number of nitrogens with one attached hydrogen (secondary N) is 2. The van der Waals surface area contributed by atoms with Crippen LogP contribution in [-0.2, 0) is 29.1 Å². The van der Waals surface area contributed by atoms with Crippen molar-refractivity contribution in [2.45, 2.75) is 91.3 Å². The molecule has 0 radical (unpaired) electrons. The van der Waals surface area contributed by atoms with Gasteiger partial charge < -0.3 is 31.1 Å². The number of rotatable bonds is 14. The Kier molecular flexibility index (Phi) is 12.8. The van der Waals surface area contributed by atoms with Gasteiger partial charge >= 0.3 is 0 Å². The highest BCUT2D eigenvalue weighted by Gasteiger charge is 2.50. The van der Waals surface area contributed by atoms with Gasteiger partial charge in [-0.1, -0.05) is 76.2 Å². The number of methoxy groups -OCH3 is 1. The van der Waals surface area contributed by atoms with Crippen LogP contribution in [0.2, 0.25) is 0 Å². The minimum absolute atomic E-state index is 0.0535. The zero-order valence-corrected chi connectivity index (χ0v) is 32.0. The molecular formula is C42H61N5O4. The maximum Gasteiger partial charge on any atom is 0.240 e. The molecule has 1 saturated heterocycles. The topological polar surface area (TPSA) is 112 Å². The van der Waals surface area contributed by atoms with Crippen LogP contribution in [0.25, 0.3) is 11.1 Å². The largest absolute Gasteiger partial charge is 0.496 e. The first-order valence-electron chi connectivity index (χ1n) is 18.7. The maximum absolute atomic E-state index is 14.2. The molecule has 7 atom stereocenters. The van der Waals surface area contributed by atoms with Crippen LogP contribution in [0, 0.1) is 23.2 Å². The highest BCUT2D eigenvalue weighted by atomic mass is 16.7. The number of nitrogens with two attached hydrogens (primary N) is 1. The molecule has 0 bridgehead atoms. The Hall–Kier alpha value is -3.47. The van der Waals surface area contributed by atoms with E-state index in [2.05, 4.69) is 106 Å². The van der Waals surface area contributed by atoms with E-state index >= 15 is 0 Å². The molecule has 2 aliphatic rings. The second kappa shape index (κ2) is 16.9. The van der Waals surface area contributed by atoms with E-state index in [-0.39, 0.29) is 23.9 Å². The smallest absolute Gasteiger partial charge is 0.240 e. The highest BCUT2D eigenvalue weighted by Crippen LogP contribution is 2.44. The van der Waals surface area contributed by atoms with E-state index in [1.165, 1.54) is 11.1 Å². The van der Waals surface area contributed by atoms with Crippen molar-refractivity contribution >= 4 is 11.6 Å². The molecule has 3 aromatic rings. The molecule has 9 heteroatoms. The van der Waals surface area contributed by atoms with E-state index < -0.39 is 24.2 Å². The van der Waals surface area contributed by atoms with Crippen LogP contribution in [0.5, 0.6) is 5.75 Å². The third-order valence-electron chi connectivity index (χ3n) is 11.7. The quantitative estimate of drug-likeness (QED) is 0.157. The van der Waals surface area contributed by atoms with E-state index in [1.54, 1.807) is 19.1 Å². The Morgan fingerprint density at radius 1 is 1.10 bits per heavy atom. The molecule has 2 fully saturated rings. The Labute approximate surface area is 305 Å². The zero-order valence-electron chi connectivity index (χ0n) is 32.0. The molecule has 1 amide bonds. The van der Waals surface area contributed by atoms with E-state index in [1.807, 2.05) is 18.2 Å². The van der Waals surface area contributed by atoms with E-state index in [9.17, 15) is 9.90 Å². The third kappa shape index (κ3) is 8.95.